The molecule has 0 aliphatic carbocycles. The van der Waals surface area contributed by atoms with Crippen molar-refractivity contribution in [2.24, 2.45) is 5.92 Å². The van der Waals surface area contributed by atoms with Crippen LogP contribution in [0.25, 0.3) is 0 Å². The van der Waals surface area contributed by atoms with Crippen LogP contribution in [-0.2, 0) is 6.54 Å². The molecule has 0 saturated carbocycles. The SMILES string of the molecule is CCN1CCC(CNCc2cccc(C)n2)C1. The number of hydrogen-bond acceptors (Lipinski definition) is 3. The van der Waals surface area contributed by atoms with Crippen LogP contribution in [0.15, 0.2) is 18.2 Å². The van der Waals surface area contributed by atoms with Crippen LogP contribution in [0.3, 0.4) is 0 Å². The van der Waals surface area contributed by atoms with E-state index in [2.05, 4.69) is 34.3 Å². The minimum Gasteiger partial charge on any atom is -0.311 e. The summed E-state index contributed by atoms with van der Waals surface area (Å²) < 4.78 is 0. The van der Waals surface area contributed by atoms with E-state index in [0.717, 1.165) is 30.4 Å². The molecule has 1 aromatic rings. The average Bonchev–Trinajstić information content (AvgIpc) is 2.77. The number of nitrogens with zero attached hydrogens (tertiary/aromatic N) is 2. The van der Waals surface area contributed by atoms with E-state index in [1.165, 1.54) is 26.1 Å². The predicted octanol–water partition coefficient (Wildman–Crippen LogP) is 1.82. The second-order valence-electron chi connectivity index (χ2n) is 4.95. The molecule has 3 nitrogen and oxygen atoms in total. The van der Waals surface area contributed by atoms with Crippen molar-refractivity contribution in [1.29, 1.82) is 0 Å². The number of hydrogen-bond donors (Lipinski definition) is 1. The second-order valence-corrected chi connectivity index (χ2v) is 4.95. The van der Waals surface area contributed by atoms with E-state index in [9.17, 15) is 0 Å². The number of aryl methyl sites for hydroxylation is 1. The van der Waals surface area contributed by atoms with E-state index in [0.29, 0.717) is 0 Å². The zero-order chi connectivity index (χ0) is 12.1. The third kappa shape index (κ3) is 3.79. The highest BCUT2D eigenvalue weighted by molar-refractivity contribution is 5.09. The van der Waals surface area contributed by atoms with Gasteiger partial charge in [-0.15, -0.1) is 0 Å². The molecule has 0 spiro atoms. The fourth-order valence-corrected chi connectivity index (χ4v) is 2.47. The van der Waals surface area contributed by atoms with Crippen molar-refractivity contribution in [2.45, 2.75) is 26.8 Å². The Labute approximate surface area is 104 Å². The lowest BCUT2D eigenvalue weighted by Gasteiger charge is -2.13. The molecule has 2 heterocycles. The lowest BCUT2D eigenvalue weighted by Crippen LogP contribution is -2.26. The molecule has 1 aliphatic heterocycles. The molecule has 1 aromatic heterocycles. The fraction of sp³-hybridized carbons (Fsp3) is 0.643. The maximum absolute atomic E-state index is 4.50. The summed E-state index contributed by atoms with van der Waals surface area (Å²) in [4.78, 5) is 7.02. The molecule has 0 aromatic carbocycles. The Balaban J connectivity index is 1.70. The summed E-state index contributed by atoms with van der Waals surface area (Å²) in [5, 5.41) is 3.53. The number of pyridine rings is 1. The Morgan fingerprint density at radius 2 is 2.35 bits per heavy atom. The largest absolute Gasteiger partial charge is 0.311 e. The molecule has 2 rings (SSSR count). The van der Waals surface area contributed by atoms with Gasteiger partial charge >= 0.3 is 0 Å². The fourth-order valence-electron chi connectivity index (χ4n) is 2.47. The first-order chi connectivity index (χ1) is 8.28. The highest BCUT2D eigenvalue weighted by Crippen LogP contribution is 2.14. The van der Waals surface area contributed by atoms with Crippen LogP contribution in [-0.4, -0.2) is 36.1 Å². The van der Waals surface area contributed by atoms with Crippen molar-refractivity contribution >= 4 is 0 Å². The smallest absolute Gasteiger partial charge is 0.0544 e. The van der Waals surface area contributed by atoms with Gasteiger partial charge in [-0.1, -0.05) is 13.0 Å². The first-order valence-electron chi connectivity index (χ1n) is 6.63. The van der Waals surface area contributed by atoms with E-state index in [-0.39, 0.29) is 0 Å². The van der Waals surface area contributed by atoms with Crippen LogP contribution >= 0.6 is 0 Å². The van der Waals surface area contributed by atoms with Gasteiger partial charge in [0.25, 0.3) is 0 Å². The molecule has 1 aliphatic rings. The topological polar surface area (TPSA) is 28.2 Å². The normalized spacial score (nSPS) is 20.9. The molecular weight excluding hydrogens is 210 g/mol. The van der Waals surface area contributed by atoms with Crippen molar-refractivity contribution in [3.8, 4) is 0 Å². The molecule has 1 fully saturated rings. The Kier molecular flexibility index (Phi) is 4.51. The van der Waals surface area contributed by atoms with E-state index in [1.807, 2.05) is 13.0 Å². The zero-order valence-corrected chi connectivity index (χ0v) is 10.9. The number of nitrogens with one attached hydrogen (secondary N) is 1. The number of likely N-dealkylation sites (tertiary alicyclic amines) is 1. The van der Waals surface area contributed by atoms with Gasteiger partial charge < -0.3 is 10.2 Å². The molecule has 0 radical (unpaired) electrons. The van der Waals surface area contributed by atoms with Crippen molar-refractivity contribution in [3.05, 3.63) is 29.6 Å². The molecule has 1 atom stereocenters. The van der Waals surface area contributed by atoms with Gasteiger partial charge in [-0.05, 0) is 51.0 Å². The Hall–Kier alpha value is -0.930. The van der Waals surface area contributed by atoms with Gasteiger partial charge in [0.2, 0.25) is 0 Å². The van der Waals surface area contributed by atoms with E-state index >= 15 is 0 Å². The third-order valence-corrected chi connectivity index (χ3v) is 3.50. The average molecular weight is 233 g/mol. The molecular formula is C14H23N3. The zero-order valence-electron chi connectivity index (χ0n) is 10.9. The van der Waals surface area contributed by atoms with Crippen molar-refractivity contribution in [3.63, 3.8) is 0 Å². The Morgan fingerprint density at radius 3 is 3.06 bits per heavy atom. The molecule has 3 heteroatoms. The maximum atomic E-state index is 4.50. The predicted molar refractivity (Wildman–Crippen MR) is 70.9 cm³/mol. The van der Waals surface area contributed by atoms with Gasteiger partial charge in [0, 0.05) is 18.8 Å². The molecule has 1 unspecified atom stereocenters. The van der Waals surface area contributed by atoms with Gasteiger partial charge in [0.15, 0.2) is 0 Å². The molecule has 0 amide bonds. The molecule has 0 bridgehead atoms. The van der Waals surface area contributed by atoms with Crippen molar-refractivity contribution < 1.29 is 0 Å². The highest BCUT2D eigenvalue weighted by atomic mass is 15.1. The maximum Gasteiger partial charge on any atom is 0.0544 e. The molecule has 1 N–H and O–H groups in total. The van der Waals surface area contributed by atoms with Gasteiger partial charge in [-0.25, -0.2) is 0 Å². The molecule has 1 saturated heterocycles. The first-order valence-corrected chi connectivity index (χ1v) is 6.63. The minimum absolute atomic E-state index is 0.819. The monoisotopic (exact) mass is 233 g/mol. The van der Waals surface area contributed by atoms with Crippen LogP contribution < -0.4 is 5.32 Å². The van der Waals surface area contributed by atoms with Crippen LogP contribution in [0.2, 0.25) is 0 Å². The summed E-state index contributed by atoms with van der Waals surface area (Å²) in [7, 11) is 0. The quantitative estimate of drug-likeness (QED) is 0.841. The Bertz CT molecular complexity index is 351. The van der Waals surface area contributed by atoms with Gasteiger partial charge in [0.1, 0.15) is 0 Å². The summed E-state index contributed by atoms with van der Waals surface area (Å²) in [6, 6.07) is 6.21. The summed E-state index contributed by atoms with van der Waals surface area (Å²) >= 11 is 0. The van der Waals surface area contributed by atoms with Crippen LogP contribution in [0.5, 0.6) is 0 Å². The first kappa shape index (κ1) is 12.5. The summed E-state index contributed by atoms with van der Waals surface area (Å²) in [6.07, 6.45) is 1.34. The van der Waals surface area contributed by atoms with Gasteiger partial charge in [-0.3, -0.25) is 4.98 Å². The van der Waals surface area contributed by atoms with E-state index in [4.69, 9.17) is 0 Å². The summed E-state index contributed by atoms with van der Waals surface area (Å²) in [5.74, 6) is 0.819. The lowest BCUT2D eigenvalue weighted by molar-refractivity contribution is 0.338. The van der Waals surface area contributed by atoms with Crippen molar-refractivity contribution in [2.75, 3.05) is 26.2 Å². The van der Waals surface area contributed by atoms with Crippen LogP contribution in [0, 0.1) is 12.8 Å². The van der Waals surface area contributed by atoms with E-state index < -0.39 is 0 Å². The van der Waals surface area contributed by atoms with E-state index in [1.54, 1.807) is 0 Å². The summed E-state index contributed by atoms with van der Waals surface area (Å²) in [6.45, 7) is 10.0. The molecule has 94 valence electrons. The molecule has 17 heavy (non-hydrogen) atoms. The highest BCUT2D eigenvalue weighted by Gasteiger charge is 2.20. The lowest BCUT2D eigenvalue weighted by atomic mass is 10.1. The van der Waals surface area contributed by atoms with Gasteiger partial charge in [-0.2, -0.15) is 0 Å². The standard InChI is InChI=1S/C14H23N3/c1-3-17-8-7-13(11-17)9-15-10-14-6-4-5-12(2)16-14/h4-6,13,15H,3,7-11H2,1-2H3. The third-order valence-electron chi connectivity index (χ3n) is 3.50. The van der Waals surface area contributed by atoms with Crippen molar-refractivity contribution in [1.82, 2.24) is 15.2 Å². The second kappa shape index (κ2) is 6.12. The number of rotatable bonds is 5. The summed E-state index contributed by atoms with van der Waals surface area (Å²) in [5.41, 5.74) is 2.25. The Morgan fingerprint density at radius 1 is 1.47 bits per heavy atom. The van der Waals surface area contributed by atoms with Gasteiger partial charge in [0.05, 0.1) is 5.69 Å². The minimum atomic E-state index is 0.819. The number of aromatic nitrogens is 1. The van der Waals surface area contributed by atoms with Crippen LogP contribution in [0.4, 0.5) is 0 Å². The van der Waals surface area contributed by atoms with Crippen LogP contribution in [0.1, 0.15) is 24.7 Å².